The Morgan fingerprint density at radius 3 is 2.81 bits per heavy atom. The van der Waals surface area contributed by atoms with Crippen LogP contribution in [0.4, 0.5) is 5.69 Å². The van der Waals surface area contributed by atoms with Crippen LogP contribution in [0.5, 0.6) is 0 Å². The minimum atomic E-state index is 0.226. The molecule has 1 atom stereocenters. The monoisotopic (exact) mass is 350 g/mol. The van der Waals surface area contributed by atoms with Gasteiger partial charge in [0.15, 0.2) is 4.98 Å². The van der Waals surface area contributed by atoms with E-state index in [2.05, 4.69) is 27.8 Å². The van der Waals surface area contributed by atoms with Crippen LogP contribution in [0.2, 0.25) is 0 Å². The second kappa shape index (κ2) is 7.04. The predicted molar refractivity (Wildman–Crippen MR) is 87.0 cm³/mol. The molecule has 0 aromatic heterocycles. The zero-order chi connectivity index (χ0) is 15.4. The molecule has 1 aliphatic rings. The van der Waals surface area contributed by atoms with Gasteiger partial charge >= 0.3 is 5.69 Å². The number of carbonyl (C=O) groups is 1. The third-order valence-corrected chi connectivity index (χ3v) is 4.90. The van der Waals surface area contributed by atoms with Crippen LogP contribution in [0.15, 0.2) is 16.6 Å². The molecule has 1 amide bonds. The highest BCUT2D eigenvalue weighted by Gasteiger charge is 2.31. The Kier molecular flexibility index (Phi) is 5.35. The highest BCUT2D eigenvalue weighted by Crippen LogP contribution is 2.36. The summed E-state index contributed by atoms with van der Waals surface area (Å²) in [5.74, 6) is 0.226. The van der Waals surface area contributed by atoms with Crippen molar-refractivity contribution in [2.45, 2.75) is 52.0 Å². The molecule has 1 aromatic rings. The van der Waals surface area contributed by atoms with E-state index >= 15 is 0 Å². The van der Waals surface area contributed by atoms with Crippen molar-refractivity contribution in [3.05, 3.63) is 32.7 Å². The fourth-order valence-electron chi connectivity index (χ4n) is 3.11. The summed E-state index contributed by atoms with van der Waals surface area (Å²) in [6.45, 7) is 4.83. The molecule has 5 heteroatoms. The standard InChI is InChI=1S/C16H21BrN3O/c1-3-9-20(16(21)4-2)11-5-6-12-13(10-11)14(17)7-8-15(12)19-18/h7-8,11H,3-6,9-10H2,1-2H3/q+1. The largest absolute Gasteiger partial charge is 0.388 e. The van der Waals surface area contributed by atoms with Crippen molar-refractivity contribution in [1.82, 2.24) is 4.90 Å². The van der Waals surface area contributed by atoms with Crippen LogP contribution >= 0.6 is 15.9 Å². The van der Waals surface area contributed by atoms with E-state index in [1.165, 1.54) is 5.56 Å². The fraction of sp³-hybridized carbons (Fsp3) is 0.562. The highest BCUT2D eigenvalue weighted by atomic mass is 79.9. The second-order valence-corrected chi connectivity index (χ2v) is 6.32. The second-order valence-electron chi connectivity index (χ2n) is 5.46. The van der Waals surface area contributed by atoms with Crippen molar-refractivity contribution in [3.8, 4) is 0 Å². The Hall–Kier alpha value is -1.41. The Morgan fingerprint density at radius 2 is 2.19 bits per heavy atom. The maximum atomic E-state index is 12.2. The van der Waals surface area contributed by atoms with E-state index in [1.807, 2.05) is 24.0 Å². The fourth-order valence-corrected chi connectivity index (χ4v) is 3.65. The van der Waals surface area contributed by atoms with Gasteiger partial charge in [-0.1, -0.05) is 29.8 Å². The van der Waals surface area contributed by atoms with Crippen LogP contribution in [0.1, 0.15) is 44.2 Å². The third-order valence-electron chi connectivity index (χ3n) is 4.15. The number of rotatable bonds is 4. The van der Waals surface area contributed by atoms with Crippen LogP contribution in [0.25, 0.3) is 4.98 Å². The number of halogens is 1. The van der Waals surface area contributed by atoms with Gasteiger partial charge in [-0.25, -0.2) is 0 Å². The first-order chi connectivity index (χ1) is 10.1. The van der Waals surface area contributed by atoms with Crippen molar-refractivity contribution < 1.29 is 4.79 Å². The van der Waals surface area contributed by atoms with Crippen LogP contribution < -0.4 is 0 Å². The van der Waals surface area contributed by atoms with Gasteiger partial charge in [-0.3, -0.25) is 4.79 Å². The first-order valence-electron chi connectivity index (χ1n) is 7.57. The molecule has 1 unspecified atom stereocenters. The average Bonchev–Trinajstić information content (AvgIpc) is 2.52. The molecular weight excluding hydrogens is 330 g/mol. The van der Waals surface area contributed by atoms with Gasteiger partial charge < -0.3 is 4.90 Å². The Morgan fingerprint density at radius 1 is 1.43 bits per heavy atom. The quantitative estimate of drug-likeness (QED) is 0.753. The number of nitrogens with zero attached hydrogens (tertiary/aromatic N) is 3. The van der Waals surface area contributed by atoms with E-state index in [9.17, 15) is 4.79 Å². The van der Waals surface area contributed by atoms with Gasteiger partial charge in [0.05, 0.1) is 5.56 Å². The Labute approximate surface area is 134 Å². The van der Waals surface area contributed by atoms with Crippen LogP contribution in [0, 0.1) is 5.39 Å². The van der Waals surface area contributed by atoms with Crippen molar-refractivity contribution in [2.75, 3.05) is 6.54 Å². The molecule has 2 rings (SSSR count). The molecule has 0 N–H and O–H groups in total. The number of diazo groups is 1. The number of hydrogen-bond donors (Lipinski definition) is 0. The molecule has 0 saturated carbocycles. The topological polar surface area (TPSA) is 48.5 Å². The number of benzene rings is 1. The molecule has 0 saturated heterocycles. The lowest BCUT2D eigenvalue weighted by Crippen LogP contribution is -2.43. The molecule has 0 aliphatic heterocycles. The lowest BCUT2D eigenvalue weighted by molar-refractivity contribution is -0.133. The van der Waals surface area contributed by atoms with Crippen LogP contribution in [-0.2, 0) is 17.6 Å². The van der Waals surface area contributed by atoms with Gasteiger partial charge in [0.25, 0.3) is 0 Å². The third kappa shape index (κ3) is 3.26. The number of amides is 1. The molecule has 0 radical (unpaired) electrons. The van der Waals surface area contributed by atoms with Gasteiger partial charge in [-0.2, -0.15) is 0 Å². The van der Waals surface area contributed by atoms with Gasteiger partial charge in [-0.15, -0.1) is 0 Å². The lowest BCUT2D eigenvalue weighted by Gasteiger charge is -2.35. The minimum absolute atomic E-state index is 0.226. The van der Waals surface area contributed by atoms with Crippen molar-refractivity contribution >= 4 is 27.5 Å². The molecule has 0 bridgehead atoms. The number of fused-ring (bicyclic) bond motifs is 1. The van der Waals surface area contributed by atoms with Crippen molar-refractivity contribution in [3.63, 3.8) is 0 Å². The van der Waals surface area contributed by atoms with Gasteiger partial charge in [-0.05, 0) is 37.3 Å². The number of hydrogen-bond acceptors (Lipinski definition) is 2. The molecular formula is C16H21BrN3O+. The molecule has 21 heavy (non-hydrogen) atoms. The summed E-state index contributed by atoms with van der Waals surface area (Å²) in [7, 11) is 0. The summed E-state index contributed by atoms with van der Waals surface area (Å²) in [4.78, 5) is 17.6. The van der Waals surface area contributed by atoms with E-state index < -0.39 is 0 Å². The molecule has 4 nitrogen and oxygen atoms in total. The van der Waals surface area contributed by atoms with Gasteiger partial charge in [0.1, 0.15) is 0 Å². The number of carbonyl (C=O) groups excluding carboxylic acids is 1. The molecule has 1 aromatic carbocycles. The molecule has 112 valence electrons. The molecule has 0 spiro atoms. The minimum Gasteiger partial charge on any atom is -0.339 e. The summed E-state index contributed by atoms with van der Waals surface area (Å²) in [6.07, 6.45) is 4.12. The highest BCUT2D eigenvalue weighted by molar-refractivity contribution is 9.10. The molecule has 0 heterocycles. The summed E-state index contributed by atoms with van der Waals surface area (Å²) in [5.41, 5.74) is 2.92. The lowest BCUT2D eigenvalue weighted by atomic mass is 9.86. The molecule has 1 aliphatic carbocycles. The average molecular weight is 351 g/mol. The van der Waals surface area contributed by atoms with E-state index in [1.54, 1.807) is 0 Å². The van der Waals surface area contributed by atoms with Crippen LogP contribution in [-0.4, -0.2) is 23.4 Å². The summed E-state index contributed by atoms with van der Waals surface area (Å²) < 4.78 is 1.04. The van der Waals surface area contributed by atoms with E-state index in [4.69, 9.17) is 5.39 Å². The summed E-state index contributed by atoms with van der Waals surface area (Å²) >= 11 is 3.59. The zero-order valence-electron chi connectivity index (χ0n) is 12.6. The molecule has 0 fully saturated rings. The first-order valence-corrected chi connectivity index (χ1v) is 8.36. The van der Waals surface area contributed by atoms with Crippen molar-refractivity contribution in [2.24, 2.45) is 0 Å². The normalized spacial score (nSPS) is 17.0. The SMILES string of the molecule is CCCN(C(=O)CC)C1CCc2c([N+]#N)ccc(Br)c2C1. The Bertz CT molecular complexity index is 580. The summed E-state index contributed by atoms with van der Waals surface area (Å²) in [5, 5.41) is 9.12. The van der Waals surface area contributed by atoms with Gasteiger partial charge in [0, 0.05) is 29.5 Å². The van der Waals surface area contributed by atoms with Gasteiger partial charge in [0.2, 0.25) is 11.3 Å². The first kappa shape index (κ1) is 16.0. The van der Waals surface area contributed by atoms with E-state index in [-0.39, 0.29) is 11.9 Å². The summed E-state index contributed by atoms with van der Waals surface area (Å²) in [6, 6.07) is 3.99. The predicted octanol–water partition coefficient (Wildman–Crippen LogP) is 4.44. The Balaban J connectivity index is 2.30. The maximum absolute atomic E-state index is 12.2. The smallest absolute Gasteiger partial charge is 0.339 e. The van der Waals surface area contributed by atoms with Crippen molar-refractivity contribution in [1.29, 1.82) is 5.39 Å². The zero-order valence-corrected chi connectivity index (χ0v) is 14.2. The van der Waals surface area contributed by atoms with E-state index in [0.29, 0.717) is 12.1 Å². The van der Waals surface area contributed by atoms with E-state index in [0.717, 1.165) is 42.3 Å². The van der Waals surface area contributed by atoms with Crippen LogP contribution in [0.3, 0.4) is 0 Å². The maximum Gasteiger partial charge on any atom is 0.388 e.